The highest BCUT2D eigenvalue weighted by molar-refractivity contribution is 6.06. The highest BCUT2D eigenvalue weighted by Gasteiger charge is 2.26. The molecule has 3 rings (SSSR count). The molecular formula is C14H17N5O. The first kappa shape index (κ1) is 12.7. The minimum Gasteiger partial charge on any atom is -0.497 e. The number of hydrogen-bond donors (Lipinski definition) is 2. The maximum absolute atomic E-state index is 5.94. The number of nitrogens with two attached hydrogens (primary N) is 1. The lowest BCUT2D eigenvalue weighted by Gasteiger charge is -2.28. The van der Waals surface area contributed by atoms with E-state index in [4.69, 9.17) is 10.5 Å². The molecule has 6 heteroatoms. The maximum atomic E-state index is 5.94. The minimum atomic E-state index is -0.124. The van der Waals surface area contributed by atoms with E-state index in [0.29, 0.717) is 13.1 Å². The number of benzene rings is 1. The first-order valence-corrected chi connectivity index (χ1v) is 6.47. The van der Waals surface area contributed by atoms with Crippen LogP contribution < -0.4 is 15.9 Å². The molecule has 1 aromatic rings. The Kier molecular flexibility index (Phi) is 3.39. The van der Waals surface area contributed by atoms with Crippen molar-refractivity contribution in [3.63, 3.8) is 0 Å². The Labute approximate surface area is 117 Å². The van der Waals surface area contributed by atoms with Crippen LogP contribution in [0.25, 0.3) is 0 Å². The van der Waals surface area contributed by atoms with Crippen LogP contribution in [0.3, 0.4) is 0 Å². The van der Waals surface area contributed by atoms with Crippen LogP contribution in [0.1, 0.15) is 5.56 Å². The van der Waals surface area contributed by atoms with E-state index in [1.807, 2.05) is 41.4 Å². The Morgan fingerprint density at radius 3 is 2.95 bits per heavy atom. The molecule has 0 saturated carbocycles. The number of aliphatic imine (C=N–C) groups is 2. The number of rotatable bonds is 3. The van der Waals surface area contributed by atoms with Crippen molar-refractivity contribution in [2.24, 2.45) is 15.7 Å². The minimum absolute atomic E-state index is 0.124. The molecule has 0 amide bonds. The third kappa shape index (κ3) is 2.50. The number of hydrogen-bond acceptors (Lipinski definition) is 5. The molecule has 0 aromatic heterocycles. The molecule has 0 bridgehead atoms. The molecule has 1 aromatic carbocycles. The van der Waals surface area contributed by atoms with Gasteiger partial charge in [-0.05, 0) is 29.8 Å². The summed E-state index contributed by atoms with van der Waals surface area (Å²) in [5.74, 6) is 2.50. The van der Waals surface area contributed by atoms with Crippen LogP contribution in [0, 0.1) is 0 Å². The fraction of sp³-hybridized carbons (Fsp3) is 0.286. The highest BCUT2D eigenvalue weighted by Crippen LogP contribution is 2.13. The average molecular weight is 271 g/mol. The van der Waals surface area contributed by atoms with Gasteiger partial charge in [0.1, 0.15) is 23.6 Å². The first-order chi connectivity index (χ1) is 9.76. The van der Waals surface area contributed by atoms with Crippen LogP contribution in [0.2, 0.25) is 0 Å². The molecule has 0 fully saturated rings. The summed E-state index contributed by atoms with van der Waals surface area (Å²) in [5, 5.41) is 1.84. The van der Waals surface area contributed by atoms with Gasteiger partial charge in [-0.25, -0.2) is 0 Å². The predicted molar refractivity (Wildman–Crippen MR) is 78.5 cm³/mol. The van der Waals surface area contributed by atoms with Crippen molar-refractivity contribution in [1.29, 1.82) is 0 Å². The lowest BCUT2D eigenvalue weighted by molar-refractivity contribution is 0.312. The summed E-state index contributed by atoms with van der Waals surface area (Å²) < 4.78 is 5.13. The molecule has 6 nitrogen and oxygen atoms in total. The standard InChI is InChI=1S/C14H17N5O/c1-20-11-4-2-10(3-5-11)8-16-13-6-7-14-17-9-12(15)19(14)18-13/h2-7,12H,8-9,15H2,1H3,(H,16,18). The molecule has 0 spiro atoms. The second kappa shape index (κ2) is 5.34. The van der Waals surface area contributed by atoms with E-state index in [0.717, 1.165) is 23.0 Å². The van der Waals surface area contributed by atoms with Crippen LogP contribution in [0.5, 0.6) is 5.75 Å². The molecule has 1 unspecified atom stereocenters. The SMILES string of the molecule is COc1ccc(CN=C2C=CC3=NCC(N)N3N2)cc1. The van der Waals surface area contributed by atoms with Crippen molar-refractivity contribution >= 4 is 11.7 Å². The number of ether oxygens (including phenoxy) is 1. The fourth-order valence-electron chi connectivity index (χ4n) is 2.10. The monoisotopic (exact) mass is 271 g/mol. The molecule has 2 aliphatic rings. The van der Waals surface area contributed by atoms with E-state index < -0.39 is 0 Å². The van der Waals surface area contributed by atoms with Gasteiger partial charge < -0.3 is 10.5 Å². The van der Waals surface area contributed by atoms with Gasteiger partial charge in [-0.15, -0.1) is 0 Å². The van der Waals surface area contributed by atoms with Gasteiger partial charge in [-0.3, -0.25) is 20.4 Å². The number of fused-ring (bicyclic) bond motifs is 1. The summed E-state index contributed by atoms with van der Waals surface area (Å²) in [4.78, 5) is 8.84. The topological polar surface area (TPSA) is 75.2 Å². The molecule has 104 valence electrons. The van der Waals surface area contributed by atoms with Crippen molar-refractivity contribution < 1.29 is 4.74 Å². The number of nitrogens with one attached hydrogen (secondary N) is 1. The number of amidine groups is 2. The van der Waals surface area contributed by atoms with Crippen molar-refractivity contribution in [2.45, 2.75) is 12.7 Å². The second-order valence-electron chi connectivity index (χ2n) is 4.63. The summed E-state index contributed by atoms with van der Waals surface area (Å²) in [6.07, 6.45) is 3.72. The molecule has 0 aliphatic carbocycles. The molecule has 3 N–H and O–H groups in total. The third-order valence-electron chi connectivity index (χ3n) is 3.24. The maximum Gasteiger partial charge on any atom is 0.144 e. The van der Waals surface area contributed by atoms with Crippen molar-refractivity contribution in [3.8, 4) is 5.75 Å². The fourth-order valence-corrected chi connectivity index (χ4v) is 2.10. The van der Waals surface area contributed by atoms with E-state index in [-0.39, 0.29) is 6.17 Å². The van der Waals surface area contributed by atoms with E-state index in [1.165, 1.54) is 0 Å². The number of methoxy groups -OCH3 is 1. The van der Waals surface area contributed by atoms with Gasteiger partial charge in [0.2, 0.25) is 0 Å². The van der Waals surface area contributed by atoms with Crippen LogP contribution in [-0.4, -0.2) is 36.5 Å². The van der Waals surface area contributed by atoms with Gasteiger partial charge in [0.25, 0.3) is 0 Å². The van der Waals surface area contributed by atoms with Crippen molar-refractivity contribution in [2.75, 3.05) is 13.7 Å². The third-order valence-corrected chi connectivity index (χ3v) is 3.24. The predicted octanol–water partition coefficient (Wildman–Crippen LogP) is 0.667. The van der Waals surface area contributed by atoms with Gasteiger partial charge in [0, 0.05) is 0 Å². The van der Waals surface area contributed by atoms with Crippen LogP contribution in [0.4, 0.5) is 0 Å². The summed E-state index contributed by atoms with van der Waals surface area (Å²) in [5.41, 5.74) is 10.2. The molecule has 2 heterocycles. The summed E-state index contributed by atoms with van der Waals surface area (Å²) >= 11 is 0. The van der Waals surface area contributed by atoms with Crippen molar-refractivity contribution in [3.05, 3.63) is 42.0 Å². The van der Waals surface area contributed by atoms with Gasteiger partial charge >= 0.3 is 0 Å². The second-order valence-corrected chi connectivity index (χ2v) is 4.63. The first-order valence-electron chi connectivity index (χ1n) is 6.47. The Balaban J connectivity index is 1.67. The van der Waals surface area contributed by atoms with E-state index in [2.05, 4.69) is 15.4 Å². The summed E-state index contributed by atoms with van der Waals surface area (Å²) in [6, 6.07) is 7.87. The Morgan fingerprint density at radius 1 is 1.40 bits per heavy atom. The zero-order valence-electron chi connectivity index (χ0n) is 11.3. The quantitative estimate of drug-likeness (QED) is 0.847. The van der Waals surface area contributed by atoms with Crippen LogP contribution in [-0.2, 0) is 6.54 Å². The highest BCUT2D eigenvalue weighted by atomic mass is 16.5. The van der Waals surface area contributed by atoms with Crippen molar-refractivity contribution in [1.82, 2.24) is 10.4 Å². The van der Waals surface area contributed by atoms with E-state index >= 15 is 0 Å². The van der Waals surface area contributed by atoms with Gasteiger partial charge in [0.15, 0.2) is 0 Å². The van der Waals surface area contributed by atoms with Crippen LogP contribution in [0.15, 0.2) is 46.4 Å². The zero-order chi connectivity index (χ0) is 13.9. The zero-order valence-corrected chi connectivity index (χ0v) is 11.3. The van der Waals surface area contributed by atoms with Gasteiger partial charge in [-0.2, -0.15) is 0 Å². The summed E-state index contributed by atoms with van der Waals surface area (Å²) in [6.45, 7) is 1.21. The average Bonchev–Trinajstić information content (AvgIpc) is 2.87. The normalized spacial score (nSPS) is 22.5. The Hall–Kier alpha value is -2.34. The molecule has 20 heavy (non-hydrogen) atoms. The lowest BCUT2D eigenvalue weighted by Crippen LogP contribution is -2.54. The lowest BCUT2D eigenvalue weighted by atomic mass is 10.2. The summed E-state index contributed by atoms with van der Waals surface area (Å²) in [7, 11) is 1.66. The number of nitrogens with zero attached hydrogens (tertiary/aromatic N) is 3. The van der Waals surface area contributed by atoms with E-state index in [9.17, 15) is 0 Å². The Bertz CT molecular complexity index is 576. The molecular weight excluding hydrogens is 254 g/mol. The Morgan fingerprint density at radius 2 is 2.20 bits per heavy atom. The smallest absolute Gasteiger partial charge is 0.144 e. The molecule has 1 atom stereocenters. The van der Waals surface area contributed by atoms with Gasteiger partial charge in [0.05, 0.1) is 20.2 Å². The van der Waals surface area contributed by atoms with Gasteiger partial charge in [-0.1, -0.05) is 12.1 Å². The number of hydrazine groups is 1. The molecule has 0 saturated heterocycles. The molecule has 2 aliphatic heterocycles. The largest absolute Gasteiger partial charge is 0.497 e. The van der Waals surface area contributed by atoms with E-state index in [1.54, 1.807) is 7.11 Å². The van der Waals surface area contributed by atoms with Crippen LogP contribution >= 0.6 is 0 Å². The molecule has 0 radical (unpaired) electrons.